The monoisotopic (exact) mass is 525 g/mol. The molecule has 0 saturated heterocycles. The van der Waals surface area contributed by atoms with Crippen LogP contribution in [0.1, 0.15) is 30.9 Å². The molecule has 2 heterocycles. The van der Waals surface area contributed by atoms with Crippen molar-refractivity contribution < 1.29 is 23.2 Å². The van der Waals surface area contributed by atoms with Gasteiger partial charge in [-0.05, 0) is 47.6 Å². The molecule has 2 aliphatic heterocycles. The van der Waals surface area contributed by atoms with Gasteiger partial charge in [-0.15, -0.1) is 0 Å². The maximum absolute atomic E-state index is 12.2. The van der Waals surface area contributed by atoms with Crippen LogP contribution in [-0.2, 0) is 25.9 Å². The highest BCUT2D eigenvalue weighted by Gasteiger charge is 2.43. The molecule has 2 aromatic rings. The number of nitrogens with zero attached hydrogens (tertiary/aromatic N) is 2. The van der Waals surface area contributed by atoms with Crippen molar-refractivity contribution in [2.24, 2.45) is 0 Å². The third kappa shape index (κ3) is 6.41. The van der Waals surface area contributed by atoms with E-state index >= 15 is 0 Å². The Morgan fingerprint density at radius 2 is 1.70 bits per heavy atom. The van der Waals surface area contributed by atoms with Crippen LogP contribution in [0, 0.1) is 0 Å². The fraction of sp³-hybridized carbons (Fsp3) is 0.393. The van der Waals surface area contributed by atoms with Crippen LogP contribution in [0.2, 0.25) is 0 Å². The molecule has 8 nitrogen and oxygen atoms in total. The van der Waals surface area contributed by atoms with Gasteiger partial charge in [0.15, 0.2) is 14.6 Å². The van der Waals surface area contributed by atoms with E-state index in [2.05, 4.69) is 64.4 Å². The van der Waals surface area contributed by atoms with Crippen LogP contribution in [0.3, 0.4) is 0 Å². The minimum atomic E-state index is -3.69. The normalized spacial score (nSPS) is 18.0. The predicted octanol–water partition coefficient (Wildman–Crippen LogP) is 3.44. The minimum absolute atomic E-state index is 0.109. The number of benzene rings is 2. The van der Waals surface area contributed by atoms with Crippen molar-refractivity contribution in [1.29, 1.82) is 0 Å². The van der Waals surface area contributed by atoms with Crippen LogP contribution in [0.4, 0.5) is 0 Å². The molecule has 1 unspecified atom stereocenters. The fourth-order valence-electron chi connectivity index (χ4n) is 4.62. The fourth-order valence-corrected chi connectivity index (χ4v) is 5.47. The van der Waals surface area contributed by atoms with Crippen molar-refractivity contribution in [3.63, 3.8) is 0 Å². The number of carbonyl (C=O) groups is 1. The number of ether oxygens (including phenoxy) is 1. The van der Waals surface area contributed by atoms with Crippen molar-refractivity contribution >= 4 is 21.3 Å². The van der Waals surface area contributed by atoms with Gasteiger partial charge in [-0.25, -0.2) is 13.9 Å². The zero-order valence-corrected chi connectivity index (χ0v) is 22.2. The van der Waals surface area contributed by atoms with Crippen molar-refractivity contribution in [1.82, 2.24) is 15.3 Å². The van der Waals surface area contributed by atoms with E-state index in [-0.39, 0.29) is 6.42 Å². The molecule has 2 N–H and O–H groups in total. The summed E-state index contributed by atoms with van der Waals surface area (Å²) < 4.78 is 27.9. The summed E-state index contributed by atoms with van der Waals surface area (Å²) in [4.78, 5) is 16.4. The number of hydrogen-bond donors (Lipinski definition) is 2. The molecule has 198 valence electrons. The van der Waals surface area contributed by atoms with Gasteiger partial charge < -0.3 is 9.64 Å². The van der Waals surface area contributed by atoms with Crippen LogP contribution < -0.4 is 5.48 Å². The van der Waals surface area contributed by atoms with Gasteiger partial charge >= 0.3 is 0 Å². The molecule has 4 rings (SSSR count). The molecule has 1 atom stereocenters. The second-order valence-electron chi connectivity index (χ2n) is 9.87. The van der Waals surface area contributed by atoms with E-state index in [0.29, 0.717) is 13.1 Å². The van der Waals surface area contributed by atoms with Gasteiger partial charge in [0.2, 0.25) is 0 Å². The first-order valence-electron chi connectivity index (χ1n) is 12.5. The molecule has 9 heteroatoms. The van der Waals surface area contributed by atoms with E-state index in [1.54, 1.807) is 6.26 Å². The Hall–Kier alpha value is -3.14. The maximum atomic E-state index is 12.2. The van der Waals surface area contributed by atoms with Gasteiger partial charge in [-0.3, -0.25) is 14.9 Å². The lowest BCUT2D eigenvalue weighted by Gasteiger charge is -2.31. The third-order valence-electron chi connectivity index (χ3n) is 7.39. The highest BCUT2D eigenvalue weighted by Crippen LogP contribution is 2.28. The number of sulfone groups is 1. The first-order valence-corrected chi connectivity index (χ1v) is 14.4. The summed E-state index contributed by atoms with van der Waals surface area (Å²) in [5, 5.41) is 9.00. The number of nitrogens with one attached hydrogen (secondary N) is 1. The van der Waals surface area contributed by atoms with Gasteiger partial charge in [-0.2, -0.15) is 0 Å². The van der Waals surface area contributed by atoms with Crippen LogP contribution in [0.25, 0.3) is 16.7 Å². The van der Waals surface area contributed by atoms with E-state index in [0.717, 1.165) is 38.9 Å². The second kappa shape index (κ2) is 11.5. The van der Waals surface area contributed by atoms with E-state index in [9.17, 15) is 13.2 Å². The molecule has 0 bridgehead atoms. The van der Waals surface area contributed by atoms with E-state index in [1.807, 2.05) is 6.20 Å². The van der Waals surface area contributed by atoms with Crippen molar-refractivity contribution in [2.45, 2.75) is 31.1 Å². The van der Waals surface area contributed by atoms with Crippen LogP contribution in [0.15, 0.2) is 67.1 Å². The molecule has 0 aromatic heterocycles. The topological polar surface area (TPSA) is 99.2 Å². The Balaban J connectivity index is 1.34. The SMILES string of the molecule is CC(CCN1CC=C(c2ccc(-c3ccc(CN4C=COCC4)cc3)cc2)CC1)(C(=O)NO)S(C)(=O)=O. The van der Waals surface area contributed by atoms with Crippen molar-refractivity contribution in [3.05, 3.63) is 78.2 Å². The summed E-state index contributed by atoms with van der Waals surface area (Å²) in [6.07, 6.45) is 7.86. The summed E-state index contributed by atoms with van der Waals surface area (Å²) in [5.41, 5.74) is 7.56. The largest absolute Gasteiger partial charge is 0.498 e. The van der Waals surface area contributed by atoms with Gasteiger partial charge in [0.05, 0.1) is 12.8 Å². The summed E-state index contributed by atoms with van der Waals surface area (Å²) in [5.74, 6) is -0.896. The van der Waals surface area contributed by atoms with E-state index < -0.39 is 20.5 Å². The number of rotatable bonds is 9. The lowest BCUT2D eigenvalue weighted by Crippen LogP contribution is -2.51. The molecule has 37 heavy (non-hydrogen) atoms. The molecular weight excluding hydrogens is 490 g/mol. The predicted molar refractivity (Wildman–Crippen MR) is 144 cm³/mol. The standard InChI is InChI=1S/C28H35N3O5S/c1-28(27(32)29-33,37(2,34)35)13-16-30-14-11-26(12-15-30)25-9-7-24(8-10-25)23-5-3-22(4-6-23)21-31-17-19-36-20-18-31/h3-11,17,19,33H,12-16,18,20-21H2,1-2H3,(H,29,32). The molecule has 0 spiro atoms. The number of carbonyl (C=O) groups excluding carboxylic acids is 1. The molecule has 0 aliphatic carbocycles. The molecule has 0 radical (unpaired) electrons. The third-order valence-corrected chi connectivity index (χ3v) is 9.42. The van der Waals surface area contributed by atoms with Crippen LogP contribution >= 0.6 is 0 Å². The Morgan fingerprint density at radius 3 is 2.24 bits per heavy atom. The number of amides is 1. The van der Waals surface area contributed by atoms with Gasteiger partial charge in [-0.1, -0.05) is 54.6 Å². The Labute approximate surface area is 219 Å². The number of hydroxylamine groups is 1. The average Bonchev–Trinajstić information content (AvgIpc) is 2.92. The lowest BCUT2D eigenvalue weighted by atomic mass is 9.96. The van der Waals surface area contributed by atoms with E-state index in [1.165, 1.54) is 40.2 Å². The molecule has 0 saturated carbocycles. The van der Waals surface area contributed by atoms with Crippen molar-refractivity contribution in [3.8, 4) is 11.1 Å². The molecule has 2 aliphatic rings. The Kier molecular flexibility index (Phi) is 8.36. The summed E-state index contributed by atoms with van der Waals surface area (Å²) in [6.45, 7) is 5.74. The minimum Gasteiger partial charge on any atom is -0.498 e. The highest BCUT2D eigenvalue weighted by molar-refractivity contribution is 7.92. The quantitative estimate of drug-likeness (QED) is 0.382. The zero-order valence-electron chi connectivity index (χ0n) is 21.4. The van der Waals surface area contributed by atoms with Gasteiger partial charge in [0.1, 0.15) is 6.61 Å². The molecule has 1 amide bonds. The van der Waals surface area contributed by atoms with Crippen LogP contribution in [0.5, 0.6) is 0 Å². The highest BCUT2D eigenvalue weighted by atomic mass is 32.2. The molecular formula is C28H35N3O5S. The second-order valence-corrected chi connectivity index (χ2v) is 12.3. The lowest BCUT2D eigenvalue weighted by molar-refractivity contribution is -0.131. The summed E-state index contributed by atoms with van der Waals surface area (Å²) in [7, 11) is -3.69. The Bertz CT molecular complexity index is 1260. The first kappa shape index (κ1) is 26.9. The van der Waals surface area contributed by atoms with Crippen molar-refractivity contribution in [2.75, 3.05) is 39.0 Å². The summed E-state index contributed by atoms with van der Waals surface area (Å²) in [6, 6.07) is 17.3. The first-order chi connectivity index (χ1) is 17.7. The zero-order chi connectivity index (χ0) is 26.5. The Morgan fingerprint density at radius 1 is 1.05 bits per heavy atom. The summed E-state index contributed by atoms with van der Waals surface area (Å²) >= 11 is 0. The maximum Gasteiger partial charge on any atom is 0.264 e. The molecule has 0 fully saturated rings. The average molecular weight is 526 g/mol. The smallest absolute Gasteiger partial charge is 0.264 e. The van der Waals surface area contributed by atoms with E-state index in [4.69, 9.17) is 9.94 Å². The molecule has 2 aromatic carbocycles. The van der Waals surface area contributed by atoms with Gasteiger partial charge in [0, 0.05) is 38.6 Å². The van der Waals surface area contributed by atoms with Crippen LogP contribution in [-0.4, -0.2) is 73.1 Å². The number of hydrogen-bond acceptors (Lipinski definition) is 7. The van der Waals surface area contributed by atoms with Gasteiger partial charge in [0.25, 0.3) is 5.91 Å².